The molecule has 0 aromatic heterocycles. The Morgan fingerprint density at radius 2 is 1.77 bits per heavy atom. The summed E-state index contributed by atoms with van der Waals surface area (Å²) in [6, 6.07) is 23.0. The summed E-state index contributed by atoms with van der Waals surface area (Å²) in [4.78, 5) is 12.5. The normalized spacial score (nSPS) is 10.3. The highest BCUT2D eigenvalue weighted by Gasteiger charge is 2.10. The van der Waals surface area contributed by atoms with Gasteiger partial charge in [0, 0.05) is 11.3 Å². The molecule has 3 rings (SSSR count). The van der Waals surface area contributed by atoms with Crippen molar-refractivity contribution in [1.29, 1.82) is 0 Å². The van der Waals surface area contributed by atoms with Gasteiger partial charge in [0.25, 0.3) is 5.91 Å². The van der Waals surface area contributed by atoms with E-state index in [9.17, 15) is 4.79 Å². The molecule has 3 aromatic carbocycles. The molecule has 0 aliphatic carbocycles. The predicted molar refractivity (Wildman–Crippen MR) is 124 cm³/mol. The number of benzene rings is 3. The SMILES string of the molecule is C=CCOc1ccc(C(=O)Nc2ccc(OCCCc3ccccc3)cc2)cc1Br. The van der Waals surface area contributed by atoms with Gasteiger partial charge in [-0.15, -0.1) is 0 Å². The Kier molecular flexibility index (Phi) is 8.10. The highest BCUT2D eigenvalue weighted by Crippen LogP contribution is 2.26. The Morgan fingerprint density at radius 1 is 1.00 bits per heavy atom. The molecule has 0 aliphatic rings. The molecule has 0 saturated carbocycles. The molecule has 0 bridgehead atoms. The maximum Gasteiger partial charge on any atom is 0.255 e. The van der Waals surface area contributed by atoms with Crippen LogP contribution < -0.4 is 14.8 Å². The van der Waals surface area contributed by atoms with E-state index in [2.05, 4.69) is 40.0 Å². The third kappa shape index (κ3) is 6.49. The van der Waals surface area contributed by atoms with Crippen molar-refractivity contribution in [2.75, 3.05) is 18.5 Å². The van der Waals surface area contributed by atoms with Crippen molar-refractivity contribution < 1.29 is 14.3 Å². The average Bonchev–Trinajstić information content (AvgIpc) is 2.77. The fourth-order valence-electron chi connectivity index (χ4n) is 2.86. The number of ether oxygens (including phenoxy) is 2. The minimum absolute atomic E-state index is 0.192. The molecule has 0 aliphatic heterocycles. The smallest absolute Gasteiger partial charge is 0.255 e. The lowest BCUT2D eigenvalue weighted by Gasteiger charge is -2.10. The monoisotopic (exact) mass is 465 g/mol. The van der Waals surface area contributed by atoms with Gasteiger partial charge < -0.3 is 14.8 Å². The quantitative estimate of drug-likeness (QED) is 0.283. The lowest BCUT2D eigenvalue weighted by molar-refractivity contribution is 0.102. The van der Waals surface area contributed by atoms with Crippen molar-refractivity contribution in [3.8, 4) is 11.5 Å². The summed E-state index contributed by atoms with van der Waals surface area (Å²) in [7, 11) is 0. The van der Waals surface area contributed by atoms with Gasteiger partial charge in [-0.25, -0.2) is 0 Å². The first kappa shape index (κ1) is 21.7. The van der Waals surface area contributed by atoms with Gasteiger partial charge in [-0.1, -0.05) is 43.0 Å². The maximum absolute atomic E-state index is 12.5. The van der Waals surface area contributed by atoms with Crippen LogP contribution in [0.25, 0.3) is 0 Å². The molecule has 30 heavy (non-hydrogen) atoms. The largest absolute Gasteiger partial charge is 0.494 e. The summed E-state index contributed by atoms with van der Waals surface area (Å²) in [5.41, 5.74) is 2.56. The van der Waals surface area contributed by atoms with Crippen molar-refractivity contribution in [3.63, 3.8) is 0 Å². The molecule has 4 nitrogen and oxygen atoms in total. The Hall–Kier alpha value is -3.05. The van der Waals surface area contributed by atoms with Gasteiger partial charge in [-0.3, -0.25) is 4.79 Å². The van der Waals surface area contributed by atoms with Crippen molar-refractivity contribution in [3.05, 3.63) is 101 Å². The van der Waals surface area contributed by atoms with E-state index in [0.29, 0.717) is 30.2 Å². The van der Waals surface area contributed by atoms with Crippen LogP contribution >= 0.6 is 15.9 Å². The van der Waals surface area contributed by atoms with Gasteiger partial charge >= 0.3 is 0 Å². The molecular weight excluding hydrogens is 442 g/mol. The molecule has 154 valence electrons. The van der Waals surface area contributed by atoms with E-state index in [1.165, 1.54) is 5.56 Å². The van der Waals surface area contributed by atoms with Gasteiger partial charge in [-0.2, -0.15) is 0 Å². The summed E-state index contributed by atoms with van der Waals surface area (Å²) < 4.78 is 12.0. The summed E-state index contributed by atoms with van der Waals surface area (Å²) >= 11 is 3.43. The van der Waals surface area contributed by atoms with Gasteiger partial charge in [-0.05, 0) is 76.8 Å². The highest BCUT2D eigenvalue weighted by molar-refractivity contribution is 9.10. The van der Waals surface area contributed by atoms with Crippen LogP contribution in [-0.2, 0) is 6.42 Å². The number of halogens is 1. The number of nitrogens with one attached hydrogen (secondary N) is 1. The Morgan fingerprint density at radius 3 is 2.47 bits per heavy atom. The second-order valence-electron chi connectivity index (χ2n) is 6.66. The predicted octanol–water partition coefficient (Wildman–Crippen LogP) is 6.28. The molecule has 0 saturated heterocycles. The van der Waals surface area contributed by atoms with E-state index in [-0.39, 0.29) is 5.91 Å². The molecule has 1 N–H and O–H groups in total. The van der Waals surface area contributed by atoms with Crippen LogP contribution in [0.1, 0.15) is 22.3 Å². The average molecular weight is 466 g/mol. The van der Waals surface area contributed by atoms with Crippen LogP contribution in [0, 0.1) is 0 Å². The molecule has 3 aromatic rings. The maximum atomic E-state index is 12.5. The Labute approximate surface area is 185 Å². The first-order chi connectivity index (χ1) is 14.7. The number of hydrogen-bond donors (Lipinski definition) is 1. The number of carbonyl (C=O) groups excluding carboxylic acids is 1. The highest BCUT2D eigenvalue weighted by atomic mass is 79.9. The lowest BCUT2D eigenvalue weighted by atomic mass is 10.1. The standard InChI is InChI=1S/C25H24BrNO3/c1-2-16-30-24-15-10-20(18-23(24)26)25(28)27-21-11-13-22(14-12-21)29-17-6-9-19-7-4-3-5-8-19/h2-5,7-8,10-15,18H,1,6,9,16-17H2,(H,27,28). The van der Waals surface area contributed by atoms with Gasteiger partial charge in [0.15, 0.2) is 0 Å². The molecular formula is C25H24BrNO3. The van der Waals surface area contributed by atoms with Crippen molar-refractivity contribution >= 4 is 27.5 Å². The summed E-state index contributed by atoms with van der Waals surface area (Å²) in [5, 5.41) is 2.89. The molecule has 0 unspecified atom stereocenters. The van der Waals surface area contributed by atoms with Gasteiger partial charge in [0.05, 0.1) is 11.1 Å². The van der Waals surface area contributed by atoms with E-state index in [0.717, 1.165) is 23.1 Å². The molecule has 0 atom stereocenters. The van der Waals surface area contributed by atoms with Crippen LogP contribution in [-0.4, -0.2) is 19.1 Å². The Bertz CT molecular complexity index is 971. The first-order valence-electron chi connectivity index (χ1n) is 9.77. The number of rotatable bonds is 10. The fraction of sp³-hybridized carbons (Fsp3) is 0.160. The van der Waals surface area contributed by atoms with E-state index in [4.69, 9.17) is 9.47 Å². The number of carbonyl (C=O) groups is 1. The van der Waals surface area contributed by atoms with Crippen LogP contribution in [0.15, 0.2) is 89.9 Å². The minimum atomic E-state index is -0.192. The zero-order chi connectivity index (χ0) is 21.2. The molecule has 0 heterocycles. The van der Waals surface area contributed by atoms with Crippen LogP contribution in [0.2, 0.25) is 0 Å². The molecule has 1 amide bonds. The lowest BCUT2D eigenvalue weighted by Crippen LogP contribution is -2.12. The molecule has 0 radical (unpaired) electrons. The van der Waals surface area contributed by atoms with Crippen LogP contribution in [0.3, 0.4) is 0 Å². The van der Waals surface area contributed by atoms with E-state index in [1.807, 2.05) is 42.5 Å². The van der Waals surface area contributed by atoms with Crippen molar-refractivity contribution in [1.82, 2.24) is 0 Å². The zero-order valence-corrected chi connectivity index (χ0v) is 18.2. The fourth-order valence-corrected chi connectivity index (χ4v) is 3.35. The second-order valence-corrected chi connectivity index (χ2v) is 7.52. The van der Waals surface area contributed by atoms with Crippen molar-refractivity contribution in [2.24, 2.45) is 0 Å². The summed E-state index contributed by atoms with van der Waals surface area (Å²) in [5.74, 6) is 1.26. The van der Waals surface area contributed by atoms with Crippen molar-refractivity contribution in [2.45, 2.75) is 12.8 Å². The number of amides is 1. The topological polar surface area (TPSA) is 47.6 Å². The summed E-state index contributed by atoms with van der Waals surface area (Å²) in [6.07, 6.45) is 3.61. The molecule has 5 heteroatoms. The van der Waals surface area contributed by atoms with E-state index in [1.54, 1.807) is 24.3 Å². The molecule has 0 fully saturated rings. The summed E-state index contributed by atoms with van der Waals surface area (Å²) in [6.45, 7) is 4.68. The Balaban J connectivity index is 1.48. The third-order valence-electron chi connectivity index (χ3n) is 4.38. The minimum Gasteiger partial charge on any atom is -0.494 e. The van der Waals surface area contributed by atoms with E-state index >= 15 is 0 Å². The molecule has 0 spiro atoms. The second kappa shape index (κ2) is 11.2. The van der Waals surface area contributed by atoms with Gasteiger partial charge in [0.1, 0.15) is 18.1 Å². The zero-order valence-electron chi connectivity index (χ0n) is 16.6. The van der Waals surface area contributed by atoms with Gasteiger partial charge in [0.2, 0.25) is 0 Å². The van der Waals surface area contributed by atoms with Crippen LogP contribution in [0.5, 0.6) is 11.5 Å². The van der Waals surface area contributed by atoms with Crippen LogP contribution in [0.4, 0.5) is 5.69 Å². The van der Waals surface area contributed by atoms with E-state index < -0.39 is 0 Å². The first-order valence-corrected chi connectivity index (χ1v) is 10.6. The number of aryl methyl sites for hydroxylation is 1. The number of hydrogen-bond acceptors (Lipinski definition) is 3. The third-order valence-corrected chi connectivity index (χ3v) is 5.00. The number of anilines is 1.